The van der Waals surface area contributed by atoms with Crippen LogP contribution in [-0.4, -0.2) is 81.8 Å². The number of nitrogens with zero attached hydrogens (tertiary/aromatic N) is 9. The molecule has 0 saturated heterocycles. The van der Waals surface area contributed by atoms with Crippen LogP contribution in [0.15, 0.2) is 338 Å². The number of phenolic OH excluding ortho intramolecular Hbond substituents is 2. The summed E-state index contributed by atoms with van der Waals surface area (Å²) in [5.41, 5.74) is 14.7. The lowest BCUT2D eigenvalue weighted by molar-refractivity contribution is -0.385. The van der Waals surface area contributed by atoms with Gasteiger partial charge in [-0.05, 0) is 306 Å². The Morgan fingerprint density at radius 2 is 0.586 bits per heavy atom. The van der Waals surface area contributed by atoms with Gasteiger partial charge in [-0.1, -0.05) is 175 Å². The van der Waals surface area contributed by atoms with Crippen molar-refractivity contribution in [3.8, 4) is 105 Å². The molecule has 0 unspecified atom stereocenters. The van der Waals surface area contributed by atoms with E-state index in [9.17, 15) is 39.5 Å². The highest BCUT2D eigenvalue weighted by Crippen LogP contribution is 2.34. The maximum atomic E-state index is 13.7. The van der Waals surface area contributed by atoms with Crippen LogP contribution in [-0.2, 0) is 0 Å². The normalized spacial score (nSPS) is 10.9. The minimum absolute atomic E-state index is 0.0632. The summed E-state index contributed by atoms with van der Waals surface area (Å²) in [7, 11) is 6.35. The Morgan fingerprint density at radius 1 is 0.297 bits per heavy atom. The first-order chi connectivity index (χ1) is 70.6. The first-order valence-corrected chi connectivity index (χ1v) is 48.8. The number of aryl methyl sites for hydroxylation is 4. The van der Waals surface area contributed by atoms with Gasteiger partial charge in [0.25, 0.3) is 22.2 Å². The number of phenols is 2. The van der Waals surface area contributed by atoms with E-state index >= 15 is 0 Å². The van der Waals surface area contributed by atoms with E-state index in [2.05, 4.69) is 47.4 Å². The Morgan fingerprint density at radius 3 is 0.883 bits per heavy atom. The van der Waals surface area contributed by atoms with Crippen LogP contribution in [0.25, 0.3) is 115 Å². The summed E-state index contributed by atoms with van der Waals surface area (Å²) in [5, 5.41) is 41.0. The third-order valence-corrected chi connectivity index (χ3v) is 26.1. The molecule has 0 aliphatic heterocycles. The van der Waals surface area contributed by atoms with Crippen LogP contribution in [0.4, 0.5) is 5.69 Å². The van der Waals surface area contributed by atoms with E-state index in [0.29, 0.717) is 95.4 Å². The summed E-state index contributed by atoms with van der Waals surface area (Å²) >= 11 is 6.40. The molecule has 8 aromatic heterocycles. The number of ether oxygens (including phenoxy) is 4. The summed E-state index contributed by atoms with van der Waals surface area (Å²) in [4.78, 5) is 88.3. The quantitative estimate of drug-likeness (QED) is 0.0488. The minimum Gasteiger partial charge on any atom is -0.504 e. The number of thiophene rings is 4. The summed E-state index contributed by atoms with van der Waals surface area (Å²) in [5.74, 6) is 29.5. The van der Waals surface area contributed by atoms with Crippen molar-refractivity contribution in [3.05, 3.63) is 480 Å². The van der Waals surface area contributed by atoms with Crippen molar-refractivity contribution >= 4 is 143 Å². The first-order valence-electron chi connectivity index (χ1n) is 45.3. The van der Waals surface area contributed by atoms with Crippen molar-refractivity contribution in [2.75, 3.05) is 28.4 Å². The number of benzene rings is 12. The van der Waals surface area contributed by atoms with Gasteiger partial charge < -0.3 is 29.2 Å². The number of para-hydroxylation sites is 4. The fourth-order valence-corrected chi connectivity index (χ4v) is 18.1. The van der Waals surface area contributed by atoms with E-state index in [-0.39, 0.29) is 28.0 Å². The number of nitro benzene ring substituents is 1. The fraction of sp³-hybridized carbons (Fsp3) is 0.0667. The van der Waals surface area contributed by atoms with Gasteiger partial charge in [0, 0.05) is 28.3 Å². The molecule has 0 atom stereocenters. The van der Waals surface area contributed by atoms with Gasteiger partial charge in [-0.25, -0.2) is 19.9 Å². The molecule has 0 spiro atoms. The topological polar surface area (TPSA) is 260 Å². The van der Waals surface area contributed by atoms with Crippen LogP contribution in [0.5, 0.6) is 34.5 Å². The number of hydrogen-bond donors (Lipinski definition) is 2. The maximum absolute atomic E-state index is 13.7. The molecule has 20 aromatic rings. The Hall–Kier alpha value is -18.6. The average molecular weight is 1980 g/mol. The van der Waals surface area contributed by atoms with E-state index < -0.39 is 16.4 Å². The molecule has 0 bridgehead atoms. The lowest BCUT2D eigenvalue weighted by Crippen LogP contribution is -2.23. The van der Waals surface area contributed by atoms with Crippen molar-refractivity contribution in [2.45, 2.75) is 27.7 Å². The molecule has 0 fully saturated rings. The van der Waals surface area contributed by atoms with Crippen molar-refractivity contribution in [1.29, 1.82) is 0 Å². The minimum atomic E-state index is -0.650. The molecule has 20 rings (SSSR count). The first kappa shape index (κ1) is 98.0. The molecule has 25 heteroatoms. The zero-order valence-electron chi connectivity index (χ0n) is 79.4. The fourth-order valence-electron chi connectivity index (χ4n) is 15.8. The highest BCUT2D eigenvalue weighted by atomic mass is 32.1. The predicted octanol–water partition coefficient (Wildman–Crippen LogP) is 24.7. The van der Waals surface area contributed by atoms with Crippen LogP contribution in [0.1, 0.15) is 110 Å². The van der Waals surface area contributed by atoms with E-state index in [0.717, 1.165) is 104 Å². The van der Waals surface area contributed by atoms with Crippen molar-refractivity contribution in [3.63, 3.8) is 0 Å². The second-order valence-corrected chi connectivity index (χ2v) is 36.4. The molecule has 0 saturated carbocycles. The molecule has 0 aliphatic carbocycles. The Labute approximate surface area is 850 Å². The predicted molar refractivity (Wildman–Crippen MR) is 587 cm³/mol. The third kappa shape index (κ3) is 23.3. The van der Waals surface area contributed by atoms with Crippen LogP contribution < -0.4 is 41.2 Å². The second kappa shape index (κ2) is 45.6. The Bertz CT molecular complexity index is 9000. The van der Waals surface area contributed by atoms with Gasteiger partial charge in [-0.2, -0.15) is 0 Å². The molecule has 0 aliphatic rings. The summed E-state index contributed by atoms with van der Waals surface area (Å²) in [6, 6.07) is 90.8. The lowest BCUT2D eigenvalue weighted by atomic mass is 10.1. The molecule has 0 radical (unpaired) electrons. The van der Waals surface area contributed by atoms with Gasteiger partial charge in [-0.15, -0.1) is 45.3 Å². The molecule has 708 valence electrons. The number of rotatable bonds is 17. The second-order valence-electron chi connectivity index (χ2n) is 32.6. The van der Waals surface area contributed by atoms with Gasteiger partial charge in [0.05, 0.1) is 119 Å². The SMILES string of the molecule is COc1cc(/C=C/c2nc3ccccc3c(=O)n2-c2ccc(C#Cc3cccs3)cc2C)ccc1O.COc1ccc(/C=C/c2nc3ccccc3c(=O)n2-c2ccc(C#Cc3cccs3)cc2C)cc1.COc1ccc(/C=C/c2nc3ccccc3c(=O)n2-c2ccc(C#Cc3cccs3)cc2C)cc1OC.Cc1cc(C#Cc2cccs2)ccc1-n1c(/C=C/c2ccc(O)c([N+](=O)[O-])c2)nc2ccccc2c1=O. The van der Waals surface area contributed by atoms with Crippen molar-refractivity contribution < 1.29 is 34.1 Å². The number of aromatic nitrogens is 8. The average Bonchev–Trinajstić information content (AvgIpc) is 0.927. The zero-order valence-corrected chi connectivity index (χ0v) is 82.6. The molecular formula is C120H87N9O12S4. The smallest absolute Gasteiger partial charge is 0.311 e. The number of hydrogen-bond acceptors (Lipinski definition) is 20. The van der Waals surface area contributed by atoms with E-state index in [1.807, 2.05) is 310 Å². The van der Waals surface area contributed by atoms with E-state index in [4.69, 9.17) is 38.9 Å². The maximum Gasteiger partial charge on any atom is 0.311 e. The third-order valence-electron chi connectivity index (χ3n) is 23.0. The van der Waals surface area contributed by atoms with Gasteiger partial charge >= 0.3 is 5.69 Å². The largest absolute Gasteiger partial charge is 0.504 e. The summed E-state index contributed by atoms with van der Waals surface area (Å²) < 4.78 is 27.7. The lowest BCUT2D eigenvalue weighted by Gasteiger charge is -2.14. The standard InChI is InChI=1S/C31H24N2O3S.C30H22N2O3S.C30H22N2O2S.C29H19N3O4S/c1-21-19-22(10-14-24-7-6-18-37-24)11-15-27(21)33-30(32-26-9-5-4-8-25(26)31(33)34)17-13-23-12-16-28(35-2)29(20-23)36-3;1-20-18-21(9-13-23-6-5-17-36-23)10-14-26(20)32-29(31-25-8-4-3-7-24(25)30(32)34)16-12-22-11-15-27(33)28(19-22)35-2;1-21-20-23(11-16-25-6-5-19-35-25)12-17-28(21)32-29(18-13-22-9-14-24(34-2)15-10-22)31-27-8-4-3-7-26(27)30(32)33;1-19-17-20(8-12-22-5-4-16-37-22)9-13-25(19)31-28(30-24-7-3-2-6-23(24)29(31)34)15-11-21-10-14-27(33)26(18-21)32(35)36/h4-9,11-13,15-20H,1-3H3;3-8,10-12,14-19,33H,1-2H3;3-10,12-15,17-20H,1-2H3;2-7,9-11,13-18,33H,1H3/b17-13+;16-12+;18-13+;15-11+. The van der Waals surface area contributed by atoms with E-state index in [1.165, 1.54) is 23.8 Å². The Kier molecular flexibility index (Phi) is 30.8. The number of fused-ring (bicyclic) bond motifs is 4. The van der Waals surface area contributed by atoms with Crippen LogP contribution in [0.2, 0.25) is 0 Å². The van der Waals surface area contributed by atoms with Crippen molar-refractivity contribution in [2.24, 2.45) is 0 Å². The molecule has 0 amide bonds. The van der Waals surface area contributed by atoms with Crippen LogP contribution in [0, 0.1) is 85.2 Å². The number of aromatic hydroxyl groups is 2. The highest BCUT2D eigenvalue weighted by molar-refractivity contribution is 7.11. The van der Waals surface area contributed by atoms with Gasteiger partial charge in [0.1, 0.15) is 29.0 Å². The molecule has 145 heavy (non-hydrogen) atoms. The highest BCUT2D eigenvalue weighted by Gasteiger charge is 2.21. The molecule has 12 aromatic carbocycles. The molecule has 8 heterocycles. The zero-order chi connectivity index (χ0) is 101. The molecule has 2 N–H and O–H groups in total. The monoisotopic (exact) mass is 1970 g/mol. The van der Waals surface area contributed by atoms with Gasteiger partial charge in [0.2, 0.25) is 0 Å². The summed E-state index contributed by atoms with van der Waals surface area (Å²) in [6.07, 6.45) is 14.5. The van der Waals surface area contributed by atoms with Gasteiger partial charge in [-0.3, -0.25) is 47.6 Å². The van der Waals surface area contributed by atoms with Crippen LogP contribution >= 0.6 is 45.3 Å². The summed E-state index contributed by atoms with van der Waals surface area (Å²) in [6.45, 7) is 7.84. The molecular weight excluding hydrogens is 1890 g/mol. The van der Waals surface area contributed by atoms with E-state index in [1.54, 1.807) is 153 Å². The van der Waals surface area contributed by atoms with Crippen LogP contribution in [0.3, 0.4) is 0 Å². The Balaban J connectivity index is 0.000000132. The number of methoxy groups -OCH3 is 4. The molecule has 21 nitrogen and oxygen atoms in total. The van der Waals surface area contributed by atoms with Crippen molar-refractivity contribution in [1.82, 2.24) is 38.2 Å². The number of nitro groups is 1. The van der Waals surface area contributed by atoms with Gasteiger partial charge in [0.15, 0.2) is 28.7 Å².